The van der Waals surface area contributed by atoms with E-state index in [1.54, 1.807) is 18.2 Å². The Labute approximate surface area is 109 Å². The van der Waals surface area contributed by atoms with Crippen LogP contribution in [0.15, 0.2) is 27.3 Å². The average Bonchev–Trinajstić information content (AvgIpc) is 2.70. The molecule has 1 heterocycles. The molecule has 88 valence electrons. The van der Waals surface area contributed by atoms with Crippen LogP contribution in [0.5, 0.6) is 0 Å². The summed E-state index contributed by atoms with van der Waals surface area (Å²) in [4.78, 5) is 11.7. The van der Waals surface area contributed by atoms with Gasteiger partial charge in [0.25, 0.3) is 5.91 Å². The van der Waals surface area contributed by atoms with E-state index in [0.717, 1.165) is 4.47 Å². The normalized spacial score (nSPS) is 10.2. The number of amides is 1. The molecule has 1 aromatic carbocycles. The van der Waals surface area contributed by atoms with Crippen LogP contribution < -0.4 is 11.1 Å². The maximum atomic E-state index is 11.7. The molecule has 3 N–H and O–H groups in total. The zero-order valence-corrected chi connectivity index (χ0v) is 10.6. The number of anilines is 2. The van der Waals surface area contributed by atoms with Crippen molar-refractivity contribution in [3.8, 4) is 0 Å². The fraction of sp³-hybridized carbons (Fsp3) is 0. The molecular formula is C9H6BrClN4O2. The molecule has 0 aliphatic rings. The number of nitrogens with two attached hydrogens (primary N) is 1. The third-order valence-electron chi connectivity index (χ3n) is 1.91. The lowest BCUT2D eigenvalue weighted by Crippen LogP contribution is -2.14. The molecule has 0 saturated carbocycles. The van der Waals surface area contributed by atoms with E-state index < -0.39 is 5.91 Å². The molecule has 8 heteroatoms. The van der Waals surface area contributed by atoms with Crippen LogP contribution in [0.2, 0.25) is 5.02 Å². The van der Waals surface area contributed by atoms with Crippen LogP contribution >= 0.6 is 27.5 Å². The van der Waals surface area contributed by atoms with Gasteiger partial charge in [0.05, 0.1) is 5.02 Å². The van der Waals surface area contributed by atoms with Gasteiger partial charge in [-0.1, -0.05) is 11.6 Å². The van der Waals surface area contributed by atoms with Crippen molar-refractivity contribution in [3.63, 3.8) is 0 Å². The highest BCUT2D eigenvalue weighted by molar-refractivity contribution is 9.10. The van der Waals surface area contributed by atoms with Gasteiger partial charge in [0.15, 0.2) is 0 Å². The summed E-state index contributed by atoms with van der Waals surface area (Å²) >= 11 is 9.13. The molecule has 0 aliphatic heterocycles. The Bertz CT molecular complexity index is 572. The van der Waals surface area contributed by atoms with Crippen molar-refractivity contribution >= 4 is 44.9 Å². The highest BCUT2D eigenvalue weighted by Crippen LogP contribution is 2.25. The van der Waals surface area contributed by atoms with Gasteiger partial charge < -0.3 is 11.1 Å². The summed E-state index contributed by atoms with van der Waals surface area (Å²) < 4.78 is 5.06. The average molecular weight is 318 g/mol. The standard InChI is InChI=1S/C9H6BrClN4O2/c10-5-2-1-4(3-6(5)11)13-9(16)7-8(12)15-17-14-7/h1-3H,(H2,12,15)(H,13,16). The Balaban J connectivity index is 2.19. The van der Waals surface area contributed by atoms with Crippen LogP contribution in [0.25, 0.3) is 0 Å². The lowest BCUT2D eigenvalue weighted by Gasteiger charge is -2.04. The van der Waals surface area contributed by atoms with Crippen molar-refractivity contribution in [1.82, 2.24) is 10.3 Å². The summed E-state index contributed by atoms with van der Waals surface area (Å²) in [6.45, 7) is 0. The van der Waals surface area contributed by atoms with E-state index in [4.69, 9.17) is 17.3 Å². The Morgan fingerprint density at radius 2 is 2.24 bits per heavy atom. The van der Waals surface area contributed by atoms with Gasteiger partial charge in [0.1, 0.15) is 0 Å². The number of benzene rings is 1. The van der Waals surface area contributed by atoms with Crippen molar-refractivity contribution in [1.29, 1.82) is 0 Å². The van der Waals surface area contributed by atoms with Crippen LogP contribution in [0.1, 0.15) is 10.5 Å². The smallest absolute Gasteiger partial charge is 0.281 e. The third kappa shape index (κ3) is 2.56. The van der Waals surface area contributed by atoms with E-state index >= 15 is 0 Å². The Morgan fingerprint density at radius 3 is 2.82 bits per heavy atom. The predicted molar refractivity (Wildman–Crippen MR) is 65.8 cm³/mol. The van der Waals surface area contributed by atoms with Gasteiger partial charge >= 0.3 is 0 Å². The van der Waals surface area contributed by atoms with Gasteiger partial charge in [0, 0.05) is 10.2 Å². The maximum absolute atomic E-state index is 11.7. The van der Waals surface area contributed by atoms with Gasteiger partial charge in [-0.2, -0.15) is 0 Å². The fourth-order valence-corrected chi connectivity index (χ4v) is 1.54. The van der Waals surface area contributed by atoms with E-state index in [2.05, 4.69) is 36.2 Å². The number of nitrogen functional groups attached to an aromatic ring is 1. The second-order valence-electron chi connectivity index (χ2n) is 3.08. The molecule has 0 spiro atoms. The SMILES string of the molecule is Nc1nonc1C(=O)Nc1ccc(Br)c(Cl)c1. The van der Waals surface area contributed by atoms with Gasteiger partial charge in [-0.25, -0.2) is 4.63 Å². The summed E-state index contributed by atoms with van der Waals surface area (Å²) in [6.07, 6.45) is 0. The van der Waals surface area contributed by atoms with E-state index in [1.807, 2.05) is 0 Å². The number of carbonyl (C=O) groups is 1. The van der Waals surface area contributed by atoms with Crippen LogP contribution in [-0.4, -0.2) is 16.2 Å². The molecule has 0 saturated heterocycles. The molecule has 2 rings (SSSR count). The third-order valence-corrected chi connectivity index (χ3v) is 3.14. The van der Waals surface area contributed by atoms with Crippen LogP contribution in [0.3, 0.4) is 0 Å². The number of nitrogens with zero attached hydrogens (tertiary/aromatic N) is 2. The first-order valence-electron chi connectivity index (χ1n) is 4.42. The number of aromatic nitrogens is 2. The number of hydrogen-bond acceptors (Lipinski definition) is 5. The Morgan fingerprint density at radius 1 is 1.47 bits per heavy atom. The maximum Gasteiger partial charge on any atom is 0.281 e. The molecule has 0 aliphatic carbocycles. The highest BCUT2D eigenvalue weighted by Gasteiger charge is 2.16. The van der Waals surface area contributed by atoms with Gasteiger partial charge in [-0.3, -0.25) is 4.79 Å². The zero-order valence-electron chi connectivity index (χ0n) is 8.28. The lowest BCUT2D eigenvalue weighted by molar-refractivity contribution is 0.101. The molecule has 0 atom stereocenters. The minimum atomic E-state index is -0.512. The first kappa shape index (κ1) is 11.9. The van der Waals surface area contributed by atoms with Gasteiger partial charge in [-0.15, -0.1) is 0 Å². The zero-order chi connectivity index (χ0) is 12.4. The van der Waals surface area contributed by atoms with Crippen molar-refractivity contribution in [2.24, 2.45) is 0 Å². The summed E-state index contributed by atoms with van der Waals surface area (Å²) in [7, 11) is 0. The van der Waals surface area contributed by atoms with E-state index in [-0.39, 0.29) is 11.5 Å². The molecule has 2 aromatic rings. The molecule has 1 aromatic heterocycles. The minimum absolute atomic E-state index is 0.0642. The van der Waals surface area contributed by atoms with E-state index in [1.165, 1.54) is 0 Å². The number of carbonyl (C=O) groups excluding carboxylic acids is 1. The largest absolute Gasteiger partial charge is 0.379 e. The number of rotatable bonds is 2. The van der Waals surface area contributed by atoms with Crippen LogP contribution in [0, 0.1) is 0 Å². The van der Waals surface area contributed by atoms with E-state index in [0.29, 0.717) is 10.7 Å². The molecular weight excluding hydrogens is 311 g/mol. The molecule has 0 radical (unpaired) electrons. The number of halogens is 2. The molecule has 0 bridgehead atoms. The molecule has 1 amide bonds. The predicted octanol–water partition coefficient (Wildman–Crippen LogP) is 2.32. The second kappa shape index (κ2) is 4.72. The van der Waals surface area contributed by atoms with E-state index in [9.17, 15) is 4.79 Å². The Hall–Kier alpha value is -1.60. The first-order valence-corrected chi connectivity index (χ1v) is 5.59. The quantitative estimate of drug-likeness (QED) is 0.886. The molecule has 0 fully saturated rings. The van der Waals surface area contributed by atoms with Gasteiger partial charge in [-0.05, 0) is 44.4 Å². The number of hydrogen-bond donors (Lipinski definition) is 2. The molecule has 0 unspecified atom stereocenters. The second-order valence-corrected chi connectivity index (χ2v) is 4.34. The molecule has 17 heavy (non-hydrogen) atoms. The topological polar surface area (TPSA) is 94.0 Å². The summed E-state index contributed by atoms with van der Waals surface area (Å²) in [5.74, 6) is -0.576. The number of nitrogens with one attached hydrogen (secondary N) is 1. The van der Waals surface area contributed by atoms with Crippen molar-refractivity contribution in [2.45, 2.75) is 0 Å². The monoisotopic (exact) mass is 316 g/mol. The minimum Gasteiger partial charge on any atom is -0.379 e. The summed E-state index contributed by atoms with van der Waals surface area (Å²) in [6, 6.07) is 4.98. The van der Waals surface area contributed by atoms with Crippen molar-refractivity contribution in [2.75, 3.05) is 11.1 Å². The van der Waals surface area contributed by atoms with Crippen LogP contribution in [-0.2, 0) is 0 Å². The highest BCUT2D eigenvalue weighted by atomic mass is 79.9. The Kier molecular flexibility index (Phi) is 3.30. The summed E-state index contributed by atoms with van der Waals surface area (Å²) in [5, 5.41) is 9.74. The van der Waals surface area contributed by atoms with Gasteiger partial charge in [0.2, 0.25) is 11.5 Å². The van der Waals surface area contributed by atoms with Crippen molar-refractivity contribution < 1.29 is 9.42 Å². The first-order chi connectivity index (χ1) is 8.08. The molecule has 6 nitrogen and oxygen atoms in total. The van der Waals surface area contributed by atoms with Crippen molar-refractivity contribution in [3.05, 3.63) is 33.4 Å². The van der Waals surface area contributed by atoms with Crippen LogP contribution in [0.4, 0.5) is 11.5 Å². The fourth-order valence-electron chi connectivity index (χ4n) is 1.12. The summed E-state index contributed by atoms with van der Waals surface area (Å²) in [5.41, 5.74) is 5.84. The lowest BCUT2D eigenvalue weighted by atomic mass is 10.3.